The molecule has 1 saturated heterocycles. The zero-order chi connectivity index (χ0) is 18.9. The van der Waals surface area contributed by atoms with Crippen LogP contribution >= 0.6 is 0 Å². The van der Waals surface area contributed by atoms with Gasteiger partial charge in [0.2, 0.25) is 0 Å². The highest BCUT2D eigenvalue weighted by molar-refractivity contribution is 5.79. The summed E-state index contributed by atoms with van der Waals surface area (Å²) in [4.78, 5) is 20.5. The molecule has 0 bridgehead atoms. The van der Waals surface area contributed by atoms with Crippen molar-refractivity contribution in [1.82, 2.24) is 20.4 Å². The summed E-state index contributed by atoms with van der Waals surface area (Å²) in [5.74, 6) is 1.54. The van der Waals surface area contributed by atoms with Gasteiger partial charge in [0.25, 0.3) is 0 Å². The van der Waals surface area contributed by atoms with Gasteiger partial charge in [0, 0.05) is 52.9 Å². The molecule has 2 N–H and O–H groups in total. The first-order valence-corrected chi connectivity index (χ1v) is 9.36. The van der Waals surface area contributed by atoms with Gasteiger partial charge in [0.15, 0.2) is 5.96 Å². The average Bonchev–Trinajstić information content (AvgIpc) is 2.52. The number of guanidine groups is 1. The second-order valence-electron chi connectivity index (χ2n) is 7.92. The largest absolute Gasteiger partial charge is 0.444 e. The Morgan fingerprint density at radius 3 is 2.24 bits per heavy atom. The first-order valence-electron chi connectivity index (χ1n) is 9.36. The third kappa shape index (κ3) is 9.53. The molecule has 0 aromatic heterocycles. The second-order valence-corrected chi connectivity index (χ2v) is 7.92. The molecule has 1 rings (SSSR count). The van der Waals surface area contributed by atoms with Crippen LogP contribution in [-0.2, 0) is 4.74 Å². The summed E-state index contributed by atoms with van der Waals surface area (Å²) in [7, 11) is 1.80. The molecular weight excluding hydrogens is 318 g/mol. The number of carbonyl (C=O) groups excluding carboxylic acids is 1. The summed E-state index contributed by atoms with van der Waals surface area (Å²) in [6.45, 7) is 16.0. The maximum atomic E-state index is 12.1. The van der Waals surface area contributed by atoms with Gasteiger partial charge in [0.05, 0.1) is 0 Å². The molecule has 1 aliphatic rings. The lowest BCUT2D eigenvalue weighted by Gasteiger charge is -2.35. The van der Waals surface area contributed by atoms with Crippen LogP contribution in [0, 0.1) is 5.92 Å². The average molecular weight is 356 g/mol. The molecule has 1 heterocycles. The molecule has 0 radical (unpaired) electrons. The van der Waals surface area contributed by atoms with Crippen molar-refractivity contribution < 1.29 is 9.53 Å². The Morgan fingerprint density at radius 1 is 1.12 bits per heavy atom. The normalized spacial score (nSPS) is 16.9. The highest BCUT2D eigenvalue weighted by Gasteiger charge is 2.25. The van der Waals surface area contributed by atoms with Crippen LogP contribution in [-0.4, -0.2) is 80.3 Å². The highest BCUT2D eigenvalue weighted by atomic mass is 16.6. The molecule has 0 spiro atoms. The number of hydrogen-bond acceptors (Lipinski definition) is 4. The van der Waals surface area contributed by atoms with Crippen LogP contribution in [0.15, 0.2) is 4.99 Å². The van der Waals surface area contributed by atoms with Gasteiger partial charge in [-0.25, -0.2) is 4.79 Å². The van der Waals surface area contributed by atoms with Crippen molar-refractivity contribution in [2.75, 3.05) is 52.9 Å². The van der Waals surface area contributed by atoms with Crippen molar-refractivity contribution in [2.45, 2.75) is 46.6 Å². The second kappa shape index (κ2) is 10.5. The van der Waals surface area contributed by atoms with Crippen molar-refractivity contribution in [3.8, 4) is 0 Å². The Kier molecular flexibility index (Phi) is 9.03. The number of rotatable bonds is 6. The predicted molar refractivity (Wildman–Crippen MR) is 103 cm³/mol. The van der Waals surface area contributed by atoms with Gasteiger partial charge in [-0.3, -0.25) is 9.89 Å². The van der Waals surface area contributed by atoms with Crippen LogP contribution in [0.3, 0.4) is 0 Å². The summed E-state index contributed by atoms with van der Waals surface area (Å²) in [6.07, 6.45) is 0.924. The first kappa shape index (κ1) is 21.5. The van der Waals surface area contributed by atoms with E-state index in [-0.39, 0.29) is 6.09 Å². The van der Waals surface area contributed by atoms with Gasteiger partial charge in [-0.05, 0) is 33.1 Å². The molecular formula is C18H37N5O2. The third-order valence-electron chi connectivity index (χ3n) is 3.98. The Labute approximate surface area is 153 Å². The van der Waals surface area contributed by atoms with E-state index in [2.05, 4.69) is 34.4 Å². The zero-order valence-electron chi connectivity index (χ0n) is 16.9. The number of aliphatic imine (C=N–C) groups is 1. The van der Waals surface area contributed by atoms with E-state index in [0.29, 0.717) is 5.92 Å². The number of hydrogen-bond donors (Lipinski definition) is 2. The number of carbonyl (C=O) groups is 1. The fraction of sp³-hybridized carbons (Fsp3) is 0.889. The minimum Gasteiger partial charge on any atom is -0.444 e. The quantitative estimate of drug-likeness (QED) is 0.561. The van der Waals surface area contributed by atoms with Crippen LogP contribution < -0.4 is 10.6 Å². The number of piperazine rings is 1. The van der Waals surface area contributed by atoms with E-state index in [0.717, 1.165) is 58.2 Å². The Balaban J connectivity index is 2.20. The summed E-state index contributed by atoms with van der Waals surface area (Å²) in [5, 5.41) is 6.68. The predicted octanol–water partition coefficient (Wildman–Crippen LogP) is 1.75. The molecule has 7 nitrogen and oxygen atoms in total. The molecule has 0 saturated carbocycles. The standard InChI is InChI=1S/C18H37N5O2/c1-15(2)7-8-20-16(19-6)21-9-10-22-11-13-23(14-12-22)17(24)25-18(3,4)5/h15H,7-14H2,1-6H3,(H2,19,20,21). The van der Waals surface area contributed by atoms with E-state index >= 15 is 0 Å². The molecule has 25 heavy (non-hydrogen) atoms. The smallest absolute Gasteiger partial charge is 0.410 e. The minimum absolute atomic E-state index is 0.208. The third-order valence-corrected chi connectivity index (χ3v) is 3.98. The van der Waals surface area contributed by atoms with Gasteiger partial charge in [-0.2, -0.15) is 0 Å². The number of amides is 1. The van der Waals surface area contributed by atoms with Crippen molar-refractivity contribution in [3.63, 3.8) is 0 Å². The van der Waals surface area contributed by atoms with Crippen molar-refractivity contribution in [2.24, 2.45) is 10.9 Å². The van der Waals surface area contributed by atoms with Gasteiger partial charge in [0.1, 0.15) is 5.60 Å². The van der Waals surface area contributed by atoms with E-state index in [9.17, 15) is 4.79 Å². The number of nitrogens with one attached hydrogen (secondary N) is 2. The summed E-state index contributed by atoms with van der Waals surface area (Å²) in [6, 6.07) is 0. The molecule has 7 heteroatoms. The molecule has 0 aliphatic carbocycles. The molecule has 1 amide bonds. The van der Waals surface area contributed by atoms with Gasteiger partial charge < -0.3 is 20.3 Å². The lowest BCUT2D eigenvalue weighted by molar-refractivity contribution is 0.0147. The Hall–Kier alpha value is -1.50. The van der Waals surface area contributed by atoms with Crippen molar-refractivity contribution in [3.05, 3.63) is 0 Å². The summed E-state index contributed by atoms with van der Waals surface area (Å²) < 4.78 is 5.43. The molecule has 0 atom stereocenters. The highest BCUT2D eigenvalue weighted by Crippen LogP contribution is 2.11. The van der Waals surface area contributed by atoms with Gasteiger partial charge in [-0.15, -0.1) is 0 Å². The number of nitrogens with zero attached hydrogens (tertiary/aromatic N) is 3. The molecule has 0 aromatic carbocycles. The zero-order valence-corrected chi connectivity index (χ0v) is 16.9. The van der Waals surface area contributed by atoms with Crippen LogP contribution in [0.25, 0.3) is 0 Å². The fourth-order valence-electron chi connectivity index (χ4n) is 2.51. The molecule has 0 unspecified atom stereocenters. The van der Waals surface area contributed by atoms with E-state index in [1.54, 1.807) is 11.9 Å². The topological polar surface area (TPSA) is 69.2 Å². The van der Waals surface area contributed by atoms with Crippen LogP contribution in [0.2, 0.25) is 0 Å². The Bertz CT molecular complexity index is 424. The fourth-order valence-corrected chi connectivity index (χ4v) is 2.51. The number of ether oxygens (including phenoxy) is 1. The SMILES string of the molecule is CN=C(NCCC(C)C)NCCN1CCN(C(=O)OC(C)(C)C)CC1. The van der Waals surface area contributed by atoms with E-state index < -0.39 is 5.60 Å². The maximum Gasteiger partial charge on any atom is 0.410 e. The molecule has 146 valence electrons. The lowest BCUT2D eigenvalue weighted by Crippen LogP contribution is -2.51. The maximum absolute atomic E-state index is 12.1. The van der Waals surface area contributed by atoms with Crippen LogP contribution in [0.1, 0.15) is 41.0 Å². The first-order chi connectivity index (χ1) is 11.7. The van der Waals surface area contributed by atoms with Crippen LogP contribution in [0.5, 0.6) is 0 Å². The summed E-state index contributed by atoms with van der Waals surface area (Å²) in [5.41, 5.74) is -0.434. The van der Waals surface area contributed by atoms with Crippen molar-refractivity contribution in [1.29, 1.82) is 0 Å². The molecule has 0 aromatic rings. The van der Waals surface area contributed by atoms with Crippen molar-refractivity contribution >= 4 is 12.1 Å². The Morgan fingerprint density at radius 2 is 1.72 bits per heavy atom. The van der Waals surface area contributed by atoms with Gasteiger partial charge in [-0.1, -0.05) is 13.8 Å². The minimum atomic E-state index is -0.434. The summed E-state index contributed by atoms with van der Waals surface area (Å²) >= 11 is 0. The molecule has 1 fully saturated rings. The van der Waals surface area contributed by atoms with E-state index in [1.165, 1.54) is 0 Å². The van der Waals surface area contributed by atoms with E-state index in [1.807, 2.05) is 20.8 Å². The van der Waals surface area contributed by atoms with Crippen LogP contribution in [0.4, 0.5) is 4.79 Å². The molecule has 1 aliphatic heterocycles. The lowest BCUT2D eigenvalue weighted by atomic mass is 10.1. The van der Waals surface area contributed by atoms with E-state index in [4.69, 9.17) is 4.74 Å². The van der Waals surface area contributed by atoms with Gasteiger partial charge >= 0.3 is 6.09 Å². The monoisotopic (exact) mass is 355 g/mol.